The fourth-order valence-electron chi connectivity index (χ4n) is 1.45. The largest absolute Gasteiger partial charge is 0.391 e. The van der Waals surface area contributed by atoms with Crippen LogP contribution in [0.1, 0.15) is 13.3 Å². The van der Waals surface area contributed by atoms with E-state index in [0.717, 1.165) is 0 Å². The SMILES string of the molecule is CCN1CC(O)C[C@H](SC)C1=O. The molecule has 1 amide bonds. The van der Waals surface area contributed by atoms with Gasteiger partial charge in [0.25, 0.3) is 0 Å². The number of hydrogen-bond donors (Lipinski definition) is 1. The molecule has 1 fully saturated rings. The third kappa shape index (κ3) is 1.93. The quantitative estimate of drug-likeness (QED) is 0.680. The van der Waals surface area contributed by atoms with Gasteiger partial charge in [-0.1, -0.05) is 0 Å². The minimum absolute atomic E-state index is 0.0336. The highest BCUT2D eigenvalue weighted by molar-refractivity contribution is 7.99. The van der Waals surface area contributed by atoms with Gasteiger partial charge in [-0.25, -0.2) is 0 Å². The van der Waals surface area contributed by atoms with Crippen LogP contribution in [0.5, 0.6) is 0 Å². The molecule has 3 nitrogen and oxygen atoms in total. The third-order valence-electron chi connectivity index (χ3n) is 2.17. The maximum atomic E-state index is 11.5. The highest BCUT2D eigenvalue weighted by Crippen LogP contribution is 2.21. The second-order valence-electron chi connectivity index (χ2n) is 2.99. The number of β-amino-alcohol motifs (C(OH)–C–C–N with tert-alkyl or cyclic N) is 1. The summed E-state index contributed by atoms with van der Waals surface area (Å²) in [6.07, 6.45) is 2.19. The van der Waals surface area contributed by atoms with Crippen LogP contribution in [-0.2, 0) is 4.79 Å². The molecule has 1 saturated heterocycles. The monoisotopic (exact) mass is 189 g/mol. The predicted octanol–water partition coefficient (Wildman–Crippen LogP) is 0.331. The van der Waals surface area contributed by atoms with Crippen molar-refractivity contribution in [2.75, 3.05) is 19.3 Å². The van der Waals surface area contributed by atoms with Gasteiger partial charge in [0.2, 0.25) is 5.91 Å². The molecule has 1 heterocycles. The Balaban J connectivity index is 2.61. The molecule has 1 aliphatic rings. The summed E-state index contributed by atoms with van der Waals surface area (Å²) in [5.41, 5.74) is 0. The molecule has 0 radical (unpaired) electrons. The lowest BCUT2D eigenvalue weighted by atomic mass is 10.1. The van der Waals surface area contributed by atoms with Crippen LogP contribution in [0.3, 0.4) is 0 Å². The first-order valence-electron chi connectivity index (χ1n) is 4.18. The number of likely N-dealkylation sites (N-methyl/N-ethyl adjacent to an activating group) is 1. The fourth-order valence-corrected chi connectivity index (χ4v) is 2.22. The summed E-state index contributed by atoms with van der Waals surface area (Å²) in [5.74, 6) is 0.176. The Morgan fingerprint density at radius 1 is 1.75 bits per heavy atom. The van der Waals surface area contributed by atoms with Gasteiger partial charge in [0.15, 0.2) is 0 Å². The zero-order valence-corrected chi connectivity index (χ0v) is 8.30. The summed E-state index contributed by atoms with van der Waals surface area (Å²) in [4.78, 5) is 13.2. The average Bonchev–Trinajstić information content (AvgIpc) is 2.08. The van der Waals surface area contributed by atoms with Crippen molar-refractivity contribution in [3.63, 3.8) is 0 Å². The van der Waals surface area contributed by atoms with Crippen molar-refractivity contribution >= 4 is 17.7 Å². The number of aliphatic hydroxyl groups excluding tert-OH is 1. The average molecular weight is 189 g/mol. The number of hydrogen-bond acceptors (Lipinski definition) is 3. The molecule has 0 aliphatic carbocycles. The standard InChI is InChI=1S/C8H15NO2S/c1-3-9-5-6(10)4-7(12-2)8(9)11/h6-7,10H,3-5H2,1-2H3/t6?,7-/m0/s1. The van der Waals surface area contributed by atoms with E-state index in [0.29, 0.717) is 19.5 Å². The van der Waals surface area contributed by atoms with Crippen LogP contribution >= 0.6 is 11.8 Å². The first-order chi connectivity index (χ1) is 5.69. The molecule has 12 heavy (non-hydrogen) atoms. The first-order valence-corrected chi connectivity index (χ1v) is 5.47. The van der Waals surface area contributed by atoms with Crippen LogP contribution in [0.15, 0.2) is 0 Å². The molecular weight excluding hydrogens is 174 g/mol. The summed E-state index contributed by atoms with van der Waals surface area (Å²) in [6, 6.07) is 0. The van der Waals surface area contributed by atoms with Gasteiger partial charge in [-0.2, -0.15) is 11.8 Å². The molecule has 0 spiro atoms. The normalized spacial score (nSPS) is 30.9. The molecule has 2 atom stereocenters. The van der Waals surface area contributed by atoms with Gasteiger partial charge < -0.3 is 10.0 Å². The van der Waals surface area contributed by atoms with Gasteiger partial charge in [0.05, 0.1) is 11.4 Å². The number of rotatable bonds is 2. The Hall–Kier alpha value is -0.220. The number of likely N-dealkylation sites (tertiary alicyclic amines) is 1. The maximum absolute atomic E-state index is 11.5. The summed E-state index contributed by atoms with van der Waals surface area (Å²) in [6.45, 7) is 3.15. The molecule has 0 bridgehead atoms. The number of thioether (sulfide) groups is 1. The lowest BCUT2D eigenvalue weighted by Crippen LogP contribution is -2.48. The zero-order chi connectivity index (χ0) is 9.14. The maximum Gasteiger partial charge on any atom is 0.235 e. The van der Waals surface area contributed by atoms with Crippen LogP contribution in [0.2, 0.25) is 0 Å². The second-order valence-corrected chi connectivity index (χ2v) is 4.03. The minimum Gasteiger partial charge on any atom is -0.391 e. The van der Waals surface area contributed by atoms with Crippen molar-refractivity contribution in [1.82, 2.24) is 4.90 Å². The number of amides is 1. The smallest absolute Gasteiger partial charge is 0.235 e. The molecule has 0 aromatic heterocycles. The number of aliphatic hydroxyl groups is 1. The molecule has 1 unspecified atom stereocenters. The van der Waals surface area contributed by atoms with Gasteiger partial charge >= 0.3 is 0 Å². The Bertz CT molecular complexity index is 158. The summed E-state index contributed by atoms with van der Waals surface area (Å²) < 4.78 is 0. The van der Waals surface area contributed by atoms with Gasteiger partial charge in [0.1, 0.15) is 0 Å². The Kier molecular flexibility index (Phi) is 3.40. The van der Waals surface area contributed by atoms with Crippen LogP contribution in [0.4, 0.5) is 0 Å². The van der Waals surface area contributed by atoms with Crippen molar-refractivity contribution in [3.8, 4) is 0 Å². The van der Waals surface area contributed by atoms with Gasteiger partial charge in [-0.05, 0) is 19.6 Å². The number of piperidine rings is 1. The summed E-state index contributed by atoms with van der Waals surface area (Å²) in [7, 11) is 0. The molecule has 1 rings (SSSR count). The zero-order valence-electron chi connectivity index (χ0n) is 7.49. The summed E-state index contributed by atoms with van der Waals surface area (Å²) >= 11 is 1.53. The van der Waals surface area contributed by atoms with E-state index in [1.165, 1.54) is 11.8 Å². The number of nitrogens with zero attached hydrogens (tertiary/aromatic N) is 1. The number of carbonyl (C=O) groups is 1. The molecule has 0 saturated carbocycles. The molecule has 70 valence electrons. The van der Waals surface area contributed by atoms with Crippen molar-refractivity contribution in [2.45, 2.75) is 24.7 Å². The first kappa shape index (κ1) is 9.86. The van der Waals surface area contributed by atoms with E-state index < -0.39 is 0 Å². The van der Waals surface area contributed by atoms with E-state index in [9.17, 15) is 9.90 Å². The van der Waals surface area contributed by atoms with Crippen molar-refractivity contribution in [3.05, 3.63) is 0 Å². The Labute approximate surface area is 77.1 Å². The van der Waals surface area contributed by atoms with Gasteiger partial charge in [-0.15, -0.1) is 0 Å². The highest BCUT2D eigenvalue weighted by atomic mass is 32.2. The van der Waals surface area contributed by atoms with E-state index >= 15 is 0 Å². The van der Waals surface area contributed by atoms with Gasteiger partial charge in [-0.3, -0.25) is 4.79 Å². The van der Waals surface area contributed by atoms with Crippen molar-refractivity contribution < 1.29 is 9.90 Å². The van der Waals surface area contributed by atoms with Crippen LogP contribution in [-0.4, -0.2) is 46.6 Å². The Morgan fingerprint density at radius 2 is 2.42 bits per heavy atom. The summed E-state index contributed by atoms with van der Waals surface area (Å²) in [5, 5.41) is 9.39. The highest BCUT2D eigenvalue weighted by Gasteiger charge is 2.31. The molecule has 4 heteroatoms. The van der Waals surface area contributed by atoms with E-state index in [1.807, 2.05) is 13.2 Å². The van der Waals surface area contributed by atoms with Crippen LogP contribution < -0.4 is 0 Å². The van der Waals surface area contributed by atoms with Crippen molar-refractivity contribution in [2.24, 2.45) is 0 Å². The van der Waals surface area contributed by atoms with E-state index in [2.05, 4.69) is 0 Å². The predicted molar refractivity (Wildman–Crippen MR) is 50.2 cm³/mol. The molecule has 1 N–H and O–H groups in total. The molecular formula is C8H15NO2S. The lowest BCUT2D eigenvalue weighted by Gasteiger charge is -2.33. The molecule has 1 aliphatic heterocycles. The lowest BCUT2D eigenvalue weighted by molar-refractivity contribution is -0.135. The molecule has 0 aromatic carbocycles. The second kappa shape index (κ2) is 4.14. The number of carbonyl (C=O) groups excluding carboxylic acids is 1. The van der Waals surface area contributed by atoms with Crippen LogP contribution in [0.25, 0.3) is 0 Å². The fraction of sp³-hybridized carbons (Fsp3) is 0.875. The van der Waals surface area contributed by atoms with Crippen molar-refractivity contribution in [1.29, 1.82) is 0 Å². The van der Waals surface area contributed by atoms with E-state index in [4.69, 9.17) is 0 Å². The topological polar surface area (TPSA) is 40.5 Å². The van der Waals surface area contributed by atoms with Crippen LogP contribution in [0, 0.1) is 0 Å². The molecule has 0 aromatic rings. The van der Waals surface area contributed by atoms with E-state index in [1.54, 1.807) is 4.90 Å². The minimum atomic E-state index is -0.333. The third-order valence-corrected chi connectivity index (χ3v) is 3.13. The van der Waals surface area contributed by atoms with Gasteiger partial charge in [0, 0.05) is 13.1 Å². The van der Waals surface area contributed by atoms with E-state index in [-0.39, 0.29) is 17.3 Å². The Morgan fingerprint density at radius 3 is 2.92 bits per heavy atom.